The van der Waals surface area contributed by atoms with Gasteiger partial charge in [-0.25, -0.2) is 4.98 Å². The lowest BCUT2D eigenvalue weighted by Gasteiger charge is -2.07. The molecule has 7 nitrogen and oxygen atoms in total. The van der Waals surface area contributed by atoms with E-state index in [9.17, 15) is 4.79 Å². The fourth-order valence-electron chi connectivity index (χ4n) is 2.64. The van der Waals surface area contributed by atoms with Crippen molar-refractivity contribution in [1.82, 2.24) is 19.7 Å². The number of carbonyl (C=O) groups excluding carboxylic acids is 1. The molecular formula is C21H17N5O2. The molecule has 2 aromatic heterocycles. The second-order valence-electron chi connectivity index (χ2n) is 6.04. The summed E-state index contributed by atoms with van der Waals surface area (Å²) in [6, 6.07) is 17.0. The fraction of sp³-hybridized carbons (Fsp3) is 0.0476. The van der Waals surface area contributed by atoms with E-state index in [0.29, 0.717) is 29.4 Å². The van der Waals surface area contributed by atoms with Crippen LogP contribution in [-0.4, -0.2) is 25.7 Å². The second-order valence-corrected chi connectivity index (χ2v) is 6.04. The Labute approximate surface area is 161 Å². The standard InChI is InChI=1S/C21H17N5O2/c27-21(17-12-24-26(15-17)14-16-5-2-1-3-6-16)25-18-7-4-8-19(11-18)28-20-13-22-9-10-23-20/h1-13,15H,14H2,(H,25,27). The van der Waals surface area contributed by atoms with E-state index < -0.39 is 0 Å². The number of nitrogens with zero attached hydrogens (tertiary/aromatic N) is 4. The Morgan fingerprint density at radius 1 is 1.04 bits per heavy atom. The number of ether oxygens (including phenoxy) is 1. The Hall–Kier alpha value is -4.00. The maximum Gasteiger partial charge on any atom is 0.258 e. The van der Waals surface area contributed by atoms with Crippen LogP contribution in [0.4, 0.5) is 5.69 Å². The molecule has 2 heterocycles. The van der Waals surface area contributed by atoms with Gasteiger partial charge in [0.15, 0.2) is 0 Å². The molecule has 138 valence electrons. The van der Waals surface area contributed by atoms with E-state index in [-0.39, 0.29) is 5.91 Å². The van der Waals surface area contributed by atoms with Crippen LogP contribution >= 0.6 is 0 Å². The minimum absolute atomic E-state index is 0.240. The molecule has 0 saturated carbocycles. The quantitative estimate of drug-likeness (QED) is 0.558. The third kappa shape index (κ3) is 4.39. The van der Waals surface area contributed by atoms with Crippen LogP contribution in [-0.2, 0) is 6.54 Å². The van der Waals surface area contributed by atoms with E-state index in [4.69, 9.17) is 4.74 Å². The summed E-state index contributed by atoms with van der Waals surface area (Å²) in [4.78, 5) is 20.5. The minimum atomic E-state index is -0.240. The lowest BCUT2D eigenvalue weighted by atomic mass is 10.2. The van der Waals surface area contributed by atoms with E-state index >= 15 is 0 Å². The predicted molar refractivity (Wildman–Crippen MR) is 104 cm³/mol. The summed E-state index contributed by atoms with van der Waals surface area (Å²) in [6.45, 7) is 0.607. The highest BCUT2D eigenvalue weighted by atomic mass is 16.5. The maximum absolute atomic E-state index is 12.5. The molecule has 0 saturated heterocycles. The molecule has 0 radical (unpaired) electrons. The summed E-state index contributed by atoms with van der Waals surface area (Å²) in [5, 5.41) is 7.12. The van der Waals surface area contributed by atoms with Gasteiger partial charge in [-0.15, -0.1) is 0 Å². The van der Waals surface area contributed by atoms with Gasteiger partial charge in [-0.2, -0.15) is 5.10 Å². The third-order valence-electron chi connectivity index (χ3n) is 3.94. The van der Waals surface area contributed by atoms with E-state index in [1.807, 2.05) is 30.3 Å². The summed E-state index contributed by atoms with van der Waals surface area (Å²) in [5.41, 5.74) is 2.21. The van der Waals surface area contributed by atoms with Gasteiger partial charge < -0.3 is 10.1 Å². The molecule has 4 rings (SSSR count). The Morgan fingerprint density at radius 3 is 2.75 bits per heavy atom. The van der Waals surface area contributed by atoms with Crippen molar-refractivity contribution in [2.24, 2.45) is 0 Å². The van der Waals surface area contributed by atoms with Crippen LogP contribution in [0.3, 0.4) is 0 Å². The number of anilines is 1. The fourth-order valence-corrected chi connectivity index (χ4v) is 2.64. The lowest BCUT2D eigenvalue weighted by Crippen LogP contribution is -2.11. The predicted octanol–water partition coefficient (Wildman–Crippen LogP) is 3.77. The van der Waals surface area contributed by atoms with Crippen LogP contribution in [0.25, 0.3) is 0 Å². The minimum Gasteiger partial charge on any atom is -0.437 e. The van der Waals surface area contributed by atoms with Crippen LogP contribution in [0.5, 0.6) is 11.6 Å². The number of benzene rings is 2. The van der Waals surface area contributed by atoms with Crippen molar-refractivity contribution in [3.63, 3.8) is 0 Å². The normalized spacial score (nSPS) is 10.4. The number of amides is 1. The van der Waals surface area contributed by atoms with E-state index in [2.05, 4.69) is 20.4 Å². The zero-order chi connectivity index (χ0) is 19.2. The Balaban J connectivity index is 1.42. The molecule has 0 atom stereocenters. The summed E-state index contributed by atoms with van der Waals surface area (Å²) < 4.78 is 7.37. The van der Waals surface area contributed by atoms with Gasteiger partial charge in [-0.1, -0.05) is 36.4 Å². The number of aromatic nitrogens is 4. The van der Waals surface area contributed by atoms with Gasteiger partial charge in [0.25, 0.3) is 5.91 Å². The molecule has 0 bridgehead atoms. The number of hydrogen-bond acceptors (Lipinski definition) is 5. The molecule has 0 spiro atoms. The summed E-state index contributed by atoms with van der Waals surface area (Å²) in [7, 11) is 0. The van der Waals surface area contributed by atoms with E-state index in [0.717, 1.165) is 5.56 Å². The van der Waals surface area contributed by atoms with E-state index in [1.165, 1.54) is 6.20 Å². The first-order chi connectivity index (χ1) is 13.8. The Morgan fingerprint density at radius 2 is 1.93 bits per heavy atom. The molecule has 7 heteroatoms. The molecule has 1 N–H and O–H groups in total. The van der Waals surface area contributed by atoms with Crippen molar-refractivity contribution in [2.75, 3.05) is 5.32 Å². The number of carbonyl (C=O) groups is 1. The average molecular weight is 371 g/mol. The van der Waals surface area contributed by atoms with Crippen molar-refractivity contribution in [1.29, 1.82) is 0 Å². The highest BCUT2D eigenvalue weighted by molar-refractivity contribution is 6.04. The topological polar surface area (TPSA) is 81.9 Å². The number of rotatable bonds is 6. The van der Waals surface area contributed by atoms with Gasteiger partial charge in [0, 0.05) is 30.3 Å². The van der Waals surface area contributed by atoms with Gasteiger partial charge in [-0.3, -0.25) is 14.5 Å². The van der Waals surface area contributed by atoms with Gasteiger partial charge in [0.2, 0.25) is 5.88 Å². The molecule has 0 aliphatic carbocycles. The Bertz CT molecular complexity index is 1060. The zero-order valence-electron chi connectivity index (χ0n) is 14.9. The lowest BCUT2D eigenvalue weighted by molar-refractivity contribution is 0.102. The summed E-state index contributed by atoms with van der Waals surface area (Å²) >= 11 is 0. The maximum atomic E-state index is 12.5. The van der Waals surface area contributed by atoms with Gasteiger partial charge >= 0.3 is 0 Å². The zero-order valence-corrected chi connectivity index (χ0v) is 14.9. The molecule has 1 amide bonds. The van der Waals surface area contributed by atoms with Gasteiger partial charge in [-0.05, 0) is 17.7 Å². The molecular weight excluding hydrogens is 354 g/mol. The first kappa shape index (κ1) is 17.4. The van der Waals surface area contributed by atoms with Crippen molar-refractivity contribution in [2.45, 2.75) is 6.54 Å². The van der Waals surface area contributed by atoms with Crippen LogP contribution in [0.15, 0.2) is 85.6 Å². The molecule has 0 aliphatic heterocycles. The van der Waals surface area contributed by atoms with Gasteiger partial charge in [0.1, 0.15) is 5.75 Å². The molecule has 4 aromatic rings. The monoisotopic (exact) mass is 371 g/mol. The highest BCUT2D eigenvalue weighted by Crippen LogP contribution is 2.22. The number of hydrogen-bond donors (Lipinski definition) is 1. The summed E-state index contributed by atoms with van der Waals surface area (Å²) in [5.74, 6) is 0.696. The smallest absolute Gasteiger partial charge is 0.258 e. The van der Waals surface area contributed by atoms with Crippen molar-refractivity contribution >= 4 is 11.6 Å². The number of nitrogens with one attached hydrogen (secondary N) is 1. The molecule has 0 fully saturated rings. The third-order valence-corrected chi connectivity index (χ3v) is 3.94. The first-order valence-electron chi connectivity index (χ1n) is 8.68. The van der Waals surface area contributed by atoms with Crippen LogP contribution < -0.4 is 10.1 Å². The average Bonchev–Trinajstić information content (AvgIpc) is 3.18. The van der Waals surface area contributed by atoms with Crippen molar-refractivity contribution in [3.05, 3.63) is 96.7 Å². The molecule has 0 unspecified atom stereocenters. The SMILES string of the molecule is O=C(Nc1cccc(Oc2cnccn2)c1)c1cnn(Cc2ccccc2)c1. The van der Waals surface area contributed by atoms with Crippen molar-refractivity contribution < 1.29 is 9.53 Å². The largest absolute Gasteiger partial charge is 0.437 e. The van der Waals surface area contributed by atoms with Crippen LogP contribution in [0.1, 0.15) is 15.9 Å². The van der Waals surface area contributed by atoms with Gasteiger partial charge in [0.05, 0.1) is 24.5 Å². The van der Waals surface area contributed by atoms with Crippen molar-refractivity contribution in [3.8, 4) is 11.6 Å². The second kappa shape index (κ2) is 8.13. The molecule has 0 aliphatic rings. The molecule has 2 aromatic carbocycles. The highest BCUT2D eigenvalue weighted by Gasteiger charge is 2.10. The van der Waals surface area contributed by atoms with Crippen LogP contribution in [0, 0.1) is 0 Å². The van der Waals surface area contributed by atoms with E-state index in [1.54, 1.807) is 53.7 Å². The Kier molecular flexibility index (Phi) is 5.06. The first-order valence-corrected chi connectivity index (χ1v) is 8.68. The van der Waals surface area contributed by atoms with Crippen LogP contribution in [0.2, 0.25) is 0 Å². The summed E-state index contributed by atoms with van der Waals surface area (Å²) in [6.07, 6.45) is 7.92. The molecule has 28 heavy (non-hydrogen) atoms.